The Morgan fingerprint density at radius 2 is 1.90 bits per heavy atom. The number of nitrogens with zero attached hydrogens (tertiary/aromatic N) is 5. The first-order valence-corrected chi connectivity index (χ1v) is 9.49. The second-order valence-electron chi connectivity index (χ2n) is 5.97. The fourth-order valence-corrected chi connectivity index (χ4v) is 3.51. The molecular formula is C21H12N6O3S. The lowest BCUT2D eigenvalue weighted by Gasteiger charge is -2.06. The van der Waals surface area contributed by atoms with Crippen LogP contribution in [0.3, 0.4) is 0 Å². The SMILES string of the molecule is COc1ccc(-c2csc(-c3cccc(NC(C#N)=C(C#N)C#N)c3)n2)cc1[N+](=O)[O-]. The average Bonchev–Trinajstić information content (AvgIpc) is 3.29. The molecule has 0 fully saturated rings. The summed E-state index contributed by atoms with van der Waals surface area (Å²) in [5.74, 6) is 0.165. The second-order valence-corrected chi connectivity index (χ2v) is 6.83. The van der Waals surface area contributed by atoms with E-state index in [1.54, 1.807) is 47.9 Å². The molecule has 0 aliphatic rings. The van der Waals surface area contributed by atoms with Crippen molar-refractivity contribution in [2.45, 2.75) is 0 Å². The van der Waals surface area contributed by atoms with Gasteiger partial charge in [-0.3, -0.25) is 10.1 Å². The third-order valence-corrected chi connectivity index (χ3v) is 5.03. The van der Waals surface area contributed by atoms with Gasteiger partial charge < -0.3 is 10.1 Å². The van der Waals surface area contributed by atoms with Gasteiger partial charge in [-0.05, 0) is 24.3 Å². The maximum absolute atomic E-state index is 11.3. The predicted octanol–water partition coefficient (Wildman–Crippen LogP) is 4.63. The molecule has 1 heterocycles. The van der Waals surface area contributed by atoms with Crippen molar-refractivity contribution in [1.29, 1.82) is 15.8 Å². The Labute approximate surface area is 180 Å². The Hall–Kier alpha value is -4.72. The second kappa shape index (κ2) is 9.19. The minimum absolute atomic E-state index is 0.146. The van der Waals surface area contributed by atoms with Crippen LogP contribution in [0.15, 0.2) is 59.1 Å². The van der Waals surface area contributed by atoms with Crippen LogP contribution >= 0.6 is 11.3 Å². The van der Waals surface area contributed by atoms with Crippen LogP contribution < -0.4 is 10.1 Å². The fourth-order valence-electron chi connectivity index (χ4n) is 2.69. The Bertz CT molecular complexity index is 1310. The number of nitrogens with one attached hydrogen (secondary N) is 1. The number of thiazole rings is 1. The number of nitro groups is 1. The maximum atomic E-state index is 11.3. The van der Waals surface area contributed by atoms with Crippen LogP contribution in [-0.4, -0.2) is 17.0 Å². The molecule has 0 aliphatic carbocycles. The van der Waals surface area contributed by atoms with Crippen LogP contribution in [0.2, 0.25) is 0 Å². The molecule has 0 bridgehead atoms. The van der Waals surface area contributed by atoms with E-state index < -0.39 is 4.92 Å². The Kier molecular flexibility index (Phi) is 6.22. The van der Waals surface area contributed by atoms with E-state index in [2.05, 4.69) is 10.3 Å². The van der Waals surface area contributed by atoms with Crippen LogP contribution in [0.4, 0.5) is 11.4 Å². The molecular weight excluding hydrogens is 416 g/mol. The molecule has 0 unspecified atom stereocenters. The quantitative estimate of drug-likeness (QED) is 0.339. The minimum Gasteiger partial charge on any atom is -0.490 e. The van der Waals surface area contributed by atoms with Crippen LogP contribution in [0.25, 0.3) is 21.8 Å². The minimum atomic E-state index is -0.512. The highest BCUT2D eigenvalue weighted by Crippen LogP contribution is 2.35. The summed E-state index contributed by atoms with van der Waals surface area (Å²) in [6.07, 6.45) is 0. The van der Waals surface area contributed by atoms with Crippen molar-refractivity contribution in [3.63, 3.8) is 0 Å². The van der Waals surface area contributed by atoms with E-state index >= 15 is 0 Å². The monoisotopic (exact) mass is 428 g/mol. The van der Waals surface area contributed by atoms with E-state index in [9.17, 15) is 15.4 Å². The molecule has 31 heavy (non-hydrogen) atoms. The number of hydrogen-bond donors (Lipinski definition) is 1. The molecule has 0 atom stereocenters. The fraction of sp³-hybridized carbons (Fsp3) is 0.0476. The van der Waals surface area contributed by atoms with E-state index in [0.29, 0.717) is 22.0 Å². The molecule has 0 amide bonds. The van der Waals surface area contributed by atoms with Gasteiger partial charge in [-0.25, -0.2) is 4.98 Å². The van der Waals surface area contributed by atoms with Crippen molar-refractivity contribution in [3.8, 4) is 45.8 Å². The van der Waals surface area contributed by atoms with E-state index in [4.69, 9.17) is 15.3 Å². The number of ether oxygens (including phenoxy) is 1. The van der Waals surface area contributed by atoms with Crippen molar-refractivity contribution in [2.24, 2.45) is 0 Å². The Morgan fingerprint density at radius 3 is 2.55 bits per heavy atom. The number of allylic oxidation sites excluding steroid dienone is 2. The van der Waals surface area contributed by atoms with Gasteiger partial charge in [0.05, 0.1) is 17.7 Å². The zero-order valence-electron chi connectivity index (χ0n) is 16.0. The molecule has 150 valence electrons. The number of nitro benzene ring substituents is 1. The zero-order chi connectivity index (χ0) is 22.4. The number of rotatable bonds is 6. The normalized spacial score (nSPS) is 9.61. The molecule has 0 spiro atoms. The van der Waals surface area contributed by atoms with E-state index in [0.717, 1.165) is 5.56 Å². The smallest absolute Gasteiger partial charge is 0.311 e. The van der Waals surface area contributed by atoms with Gasteiger partial charge in [-0.2, -0.15) is 15.8 Å². The molecule has 2 aromatic carbocycles. The van der Waals surface area contributed by atoms with E-state index in [1.807, 2.05) is 6.07 Å². The summed E-state index contributed by atoms with van der Waals surface area (Å²) >= 11 is 1.35. The Balaban J connectivity index is 1.93. The first-order valence-electron chi connectivity index (χ1n) is 8.61. The predicted molar refractivity (Wildman–Crippen MR) is 114 cm³/mol. The van der Waals surface area contributed by atoms with Crippen LogP contribution in [0.5, 0.6) is 5.75 Å². The third kappa shape index (κ3) is 4.48. The lowest BCUT2D eigenvalue weighted by molar-refractivity contribution is -0.385. The van der Waals surface area contributed by atoms with Gasteiger partial charge in [0, 0.05) is 28.3 Å². The molecule has 0 aliphatic heterocycles. The van der Waals surface area contributed by atoms with Crippen molar-refractivity contribution >= 4 is 22.7 Å². The Morgan fingerprint density at radius 1 is 1.13 bits per heavy atom. The van der Waals surface area contributed by atoms with Gasteiger partial charge in [0.25, 0.3) is 0 Å². The molecule has 9 nitrogen and oxygen atoms in total. The first-order chi connectivity index (χ1) is 15.0. The topological polar surface area (TPSA) is 149 Å². The highest BCUT2D eigenvalue weighted by atomic mass is 32.1. The summed E-state index contributed by atoms with van der Waals surface area (Å²) in [7, 11) is 1.37. The molecule has 3 aromatic rings. The summed E-state index contributed by atoms with van der Waals surface area (Å²) in [5.41, 5.74) is 1.77. The largest absolute Gasteiger partial charge is 0.490 e. The number of anilines is 1. The maximum Gasteiger partial charge on any atom is 0.311 e. The third-order valence-electron chi connectivity index (χ3n) is 4.14. The number of nitriles is 3. The summed E-state index contributed by atoms with van der Waals surface area (Å²) < 4.78 is 5.03. The average molecular weight is 428 g/mol. The van der Waals surface area contributed by atoms with Crippen LogP contribution in [0, 0.1) is 44.1 Å². The van der Waals surface area contributed by atoms with Crippen molar-refractivity contribution in [3.05, 3.63) is 69.2 Å². The highest BCUT2D eigenvalue weighted by Gasteiger charge is 2.17. The molecule has 1 N–H and O–H groups in total. The van der Waals surface area contributed by atoms with E-state index in [-0.39, 0.29) is 22.7 Å². The number of methoxy groups -OCH3 is 1. The number of aromatic nitrogens is 1. The standard InChI is InChI=1S/C21H12N6O3S/c1-30-20-6-5-13(8-19(20)27(28)29)18-12-31-21(26-18)14-3-2-4-16(7-14)25-17(11-24)15(9-22)10-23/h2-8,12,25H,1H3. The number of benzene rings is 2. The molecule has 0 radical (unpaired) electrons. The van der Waals surface area contributed by atoms with Crippen molar-refractivity contribution < 1.29 is 9.66 Å². The molecule has 3 rings (SSSR count). The highest BCUT2D eigenvalue weighted by molar-refractivity contribution is 7.13. The van der Waals surface area contributed by atoms with Gasteiger partial charge in [-0.15, -0.1) is 11.3 Å². The summed E-state index contributed by atoms with van der Waals surface area (Å²) in [4.78, 5) is 15.3. The molecule has 10 heteroatoms. The number of hydrogen-bond acceptors (Lipinski definition) is 9. The van der Waals surface area contributed by atoms with Gasteiger partial charge >= 0.3 is 5.69 Å². The molecule has 1 aromatic heterocycles. The first kappa shape index (κ1) is 21.0. The zero-order valence-corrected chi connectivity index (χ0v) is 16.8. The van der Waals surface area contributed by atoms with Gasteiger partial charge in [-0.1, -0.05) is 12.1 Å². The molecule has 0 saturated carbocycles. The van der Waals surface area contributed by atoms with E-state index in [1.165, 1.54) is 30.6 Å². The van der Waals surface area contributed by atoms with Crippen molar-refractivity contribution in [2.75, 3.05) is 12.4 Å². The summed E-state index contributed by atoms with van der Waals surface area (Å²) in [6, 6.07) is 16.8. The van der Waals surface area contributed by atoms with Gasteiger partial charge in [0.2, 0.25) is 0 Å². The van der Waals surface area contributed by atoms with Crippen LogP contribution in [0.1, 0.15) is 0 Å². The van der Waals surface area contributed by atoms with Crippen LogP contribution in [-0.2, 0) is 0 Å². The lowest BCUT2D eigenvalue weighted by atomic mass is 10.1. The lowest BCUT2D eigenvalue weighted by Crippen LogP contribution is -2.00. The van der Waals surface area contributed by atoms with Gasteiger partial charge in [0.1, 0.15) is 28.9 Å². The van der Waals surface area contributed by atoms with Gasteiger partial charge in [0.15, 0.2) is 11.3 Å². The summed E-state index contributed by atoms with van der Waals surface area (Å²) in [6.45, 7) is 0. The molecule has 0 saturated heterocycles. The van der Waals surface area contributed by atoms with Crippen molar-refractivity contribution in [1.82, 2.24) is 4.98 Å². The summed E-state index contributed by atoms with van der Waals surface area (Å²) in [5, 5.41) is 43.6.